The summed E-state index contributed by atoms with van der Waals surface area (Å²) < 4.78 is 29.5. The number of carboxylic acids is 1. The number of hydrogen-bond acceptors (Lipinski definition) is 4. The van der Waals surface area contributed by atoms with E-state index in [-0.39, 0.29) is 35.8 Å². The molecule has 1 saturated carbocycles. The highest BCUT2D eigenvalue weighted by Crippen LogP contribution is 2.51. The molecule has 4 rings (SSSR count). The first-order chi connectivity index (χ1) is 18.1. The molecule has 0 radical (unpaired) electrons. The molecule has 214 valence electrons. The molecule has 10 heteroatoms. The Balaban J connectivity index is 1.87. The van der Waals surface area contributed by atoms with Gasteiger partial charge in [-0.05, 0) is 76.1 Å². The number of aliphatic carboxylic acids is 1. The average Bonchev–Trinajstić information content (AvgIpc) is 3.63. The van der Waals surface area contributed by atoms with Gasteiger partial charge in [0.1, 0.15) is 0 Å². The molecule has 39 heavy (non-hydrogen) atoms. The van der Waals surface area contributed by atoms with Crippen molar-refractivity contribution >= 4 is 45.1 Å². The van der Waals surface area contributed by atoms with Crippen LogP contribution < -0.4 is 4.72 Å². The Bertz CT molecular complexity index is 1280. The van der Waals surface area contributed by atoms with Gasteiger partial charge in [-0.15, -0.1) is 0 Å². The van der Waals surface area contributed by atoms with Crippen molar-refractivity contribution in [1.29, 1.82) is 0 Å². The summed E-state index contributed by atoms with van der Waals surface area (Å²) in [6.45, 7) is 7.05. The first kappa shape index (κ1) is 30.1. The molecular formula is C29H38Cl2N2O5S. The number of nitrogens with one attached hydrogen (secondary N) is 1. The van der Waals surface area contributed by atoms with Crippen LogP contribution in [-0.4, -0.2) is 53.7 Å². The number of allylic oxidation sites excluding steroid dienone is 3. The van der Waals surface area contributed by atoms with E-state index in [2.05, 4.69) is 4.72 Å². The van der Waals surface area contributed by atoms with Gasteiger partial charge < -0.3 is 10.0 Å². The Kier molecular flexibility index (Phi) is 8.63. The number of rotatable bonds is 9. The number of piperidine rings is 1. The maximum atomic E-state index is 14.4. The average molecular weight is 598 g/mol. The molecule has 1 aromatic carbocycles. The summed E-state index contributed by atoms with van der Waals surface area (Å²) in [6, 6.07) is 6.47. The number of likely N-dealkylation sites (tertiary alicyclic amines) is 1. The van der Waals surface area contributed by atoms with Crippen molar-refractivity contribution in [2.24, 2.45) is 17.3 Å². The Morgan fingerprint density at radius 3 is 2.49 bits per heavy atom. The van der Waals surface area contributed by atoms with Crippen LogP contribution in [0, 0.1) is 17.3 Å². The van der Waals surface area contributed by atoms with Gasteiger partial charge in [-0.3, -0.25) is 9.59 Å². The Morgan fingerprint density at radius 2 is 1.95 bits per heavy atom. The first-order valence-corrected chi connectivity index (χ1v) is 15.8. The van der Waals surface area contributed by atoms with E-state index in [0.29, 0.717) is 22.9 Å². The molecule has 0 bridgehead atoms. The summed E-state index contributed by atoms with van der Waals surface area (Å²) >= 11 is 12.7. The monoisotopic (exact) mass is 596 g/mol. The lowest BCUT2D eigenvalue weighted by Crippen LogP contribution is -2.64. The first-order valence-electron chi connectivity index (χ1n) is 13.4. The number of carbonyl (C=O) groups excluding carboxylic acids is 1. The van der Waals surface area contributed by atoms with Crippen LogP contribution >= 0.6 is 23.2 Å². The van der Waals surface area contributed by atoms with Crippen molar-refractivity contribution in [1.82, 2.24) is 9.62 Å². The van der Waals surface area contributed by atoms with E-state index in [9.17, 15) is 23.1 Å². The third-order valence-electron chi connectivity index (χ3n) is 7.87. The van der Waals surface area contributed by atoms with Crippen LogP contribution in [0.15, 0.2) is 47.5 Å². The van der Waals surface area contributed by atoms with Gasteiger partial charge >= 0.3 is 5.97 Å². The fourth-order valence-corrected chi connectivity index (χ4v) is 8.53. The minimum Gasteiger partial charge on any atom is -0.481 e. The van der Waals surface area contributed by atoms with Gasteiger partial charge in [-0.25, -0.2) is 13.1 Å². The Morgan fingerprint density at radius 1 is 1.26 bits per heavy atom. The third-order valence-corrected chi connectivity index (χ3v) is 10.1. The molecule has 1 saturated heterocycles. The van der Waals surface area contributed by atoms with Crippen LogP contribution in [0.2, 0.25) is 5.02 Å². The second-order valence-corrected chi connectivity index (χ2v) is 15.2. The van der Waals surface area contributed by atoms with E-state index in [1.807, 2.05) is 36.4 Å². The van der Waals surface area contributed by atoms with Gasteiger partial charge in [0, 0.05) is 33.5 Å². The zero-order chi connectivity index (χ0) is 28.8. The second kappa shape index (κ2) is 11.2. The highest BCUT2D eigenvalue weighted by molar-refractivity contribution is 7.89. The molecule has 2 N–H and O–H groups in total. The molecule has 2 unspecified atom stereocenters. The zero-order valence-electron chi connectivity index (χ0n) is 22.9. The summed E-state index contributed by atoms with van der Waals surface area (Å²) in [5, 5.41) is 11.0. The largest absolute Gasteiger partial charge is 0.481 e. The Labute approximate surface area is 241 Å². The third kappa shape index (κ3) is 7.26. The molecule has 5 atom stereocenters. The fourth-order valence-electron chi connectivity index (χ4n) is 6.27. The van der Waals surface area contributed by atoms with E-state index in [0.717, 1.165) is 18.4 Å². The molecular weight excluding hydrogens is 559 g/mol. The van der Waals surface area contributed by atoms with Crippen molar-refractivity contribution in [3.05, 3.63) is 58.1 Å². The molecule has 2 aliphatic carbocycles. The quantitative estimate of drug-likeness (QED) is 0.380. The van der Waals surface area contributed by atoms with Crippen molar-refractivity contribution in [2.75, 3.05) is 5.75 Å². The maximum absolute atomic E-state index is 14.4. The van der Waals surface area contributed by atoms with Crippen molar-refractivity contribution in [3.63, 3.8) is 0 Å². The molecule has 1 heterocycles. The number of carbonyl (C=O) groups is 2. The molecule has 3 aliphatic rings. The highest BCUT2D eigenvalue weighted by atomic mass is 35.5. The molecule has 1 aliphatic heterocycles. The van der Waals surface area contributed by atoms with Gasteiger partial charge in [0.05, 0.1) is 23.6 Å². The van der Waals surface area contributed by atoms with E-state index in [1.54, 1.807) is 38.7 Å². The van der Waals surface area contributed by atoms with Crippen molar-refractivity contribution < 1.29 is 23.1 Å². The summed E-state index contributed by atoms with van der Waals surface area (Å²) in [4.78, 5) is 28.2. The lowest BCUT2D eigenvalue weighted by atomic mass is 9.65. The lowest BCUT2D eigenvalue weighted by Gasteiger charge is -2.54. The minimum absolute atomic E-state index is 0.0203. The normalized spacial score (nSPS) is 28.8. The lowest BCUT2D eigenvalue weighted by molar-refractivity contribution is -0.161. The molecule has 1 amide bonds. The number of nitrogens with zero attached hydrogens (tertiary/aromatic N) is 1. The molecule has 0 aromatic heterocycles. The zero-order valence-corrected chi connectivity index (χ0v) is 25.2. The van der Waals surface area contributed by atoms with Gasteiger partial charge in [-0.1, -0.05) is 54.4 Å². The van der Waals surface area contributed by atoms with E-state index < -0.39 is 39.0 Å². The predicted molar refractivity (Wildman–Crippen MR) is 154 cm³/mol. The highest BCUT2D eigenvalue weighted by Gasteiger charge is 2.56. The van der Waals surface area contributed by atoms with Gasteiger partial charge in [0.15, 0.2) is 0 Å². The van der Waals surface area contributed by atoms with Gasteiger partial charge in [0.25, 0.3) is 0 Å². The van der Waals surface area contributed by atoms with Gasteiger partial charge in [0.2, 0.25) is 15.9 Å². The summed E-state index contributed by atoms with van der Waals surface area (Å²) in [5.74, 6) is -1.97. The van der Waals surface area contributed by atoms with Crippen LogP contribution in [0.25, 0.3) is 0 Å². The second-order valence-electron chi connectivity index (χ2n) is 12.6. The molecule has 1 aromatic rings. The van der Waals surface area contributed by atoms with E-state index >= 15 is 0 Å². The summed E-state index contributed by atoms with van der Waals surface area (Å²) in [5.41, 5.74) is -0.983. The summed E-state index contributed by atoms with van der Waals surface area (Å²) in [6.07, 6.45) is 7.92. The van der Waals surface area contributed by atoms with Crippen LogP contribution in [-0.2, 0) is 19.6 Å². The number of amides is 1. The SMILES string of the molecule is CC(C)(C)NS(=O)(=O)C[C@H](C1CC1)N1C(=O)[C@@](C)(CC(=O)O)C[C@H](c2cccc(Cl)c2)C1C1C=CC(Cl)=CC1. The van der Waals surface area contributed by atoms with Crippen LogP contribution in [0.5, 0.6) is 0 Å². The molecule has 7 nitrogen and oxygen atoms in total. The van der Waals surface area contributed by atoms with Crippen molar-refractivity contribution in [2.45, 2.75) is 83.3 Å². The number of carboxylic acid groups (broad SMARTS) is 1. The van der Waals surface area contributed by atoms with Crippen molar-refractivity contribution in [3.8, 4) is 0 Å². The van der Waals surface area contributed by atoms with Gasteiger partial charge in [-0.2, -0.15) is 0 Å². The van der Waals surface area contributed by atoms with Crippen LogP contribution in [0.1, 0.15) is 71.3 Å². The van der Waals surface area contributed by atoms with E-state index in [4.69, 9.17) is 23.2 Å². The standard InChI is InChI=1S/C29H38Cl2N2O5S/c1-28(2,3)32-39(37,38)17-24(18-8-9-18)33-26(19-10-12-21(30)13-11-19)23(20-6-5-7-22(31)14-20)15-29(4,27(33)36)16-25(34)35/h5-7,10,12-14,18-19,23-24,26,32H,8-9,11,15-17H2,1-4H3,(H,34,35)/t19?,23-,24-,26?,29-/m1/s1. The number of sulfonamides is 1. The number of benzene rings is 1. The number of hydrogen-bond donors (Lipinski definition) is 2. The smallest absolute Gasteiger partial charge is 0.304 e. The minimum atomic E-state index is -3.76. The van der Waals surface area contributed by atoms with E-state index in [1.165, 1.54) is 0 Å². The fraction of sp³-hybridized carbons (Fsp3) is 0.586. The number of halogens is 2. The molecule has 2 fully saturated rings. The topological polar surface area (TPSA) is 104 Å². The van der Waals surface area contributed by atoms with Crippen LogP contribution in [0.4, 0.5) is 0 Å². The maximum Gasteiger partial charge on any atom is 0.304 e. The molecule has 0 spiro atoms. The Hall–Kier alpha value is -1.87. The summed E-state index contributed by atoms with van der Waals surface area (Å²) in [7, 11) is -3.76. The predicted octanol–water partition coefficient (Wildman–Crippen LogP) is 5.70. The van der Waals surface area contributed by atoms with Crippen LogP contribution in [0.3, 0.4) is 0 Å².